The average Bonchev–Trinajstić information content (AvgIpc) is 2.44. The van der Waals surface area contributed by atoms with Crippen molar-refractivity contribution in [1.29, 1.82) is 0 Å². The first-order valence-corrected chi connectivity index (χ1v) is 6.34. The first kappa shape index (κ1) is 12.8. The van der Waals surface area contributed by atoms with Gasteiger partial charge in [-0.3, -0.25) is 9.59 Å². The lowest BCUT2D eigenvalue weighted by molar-refractivity contribution is -0.149. The molecule has 0 bridgehead atoms. The van der Waals surface area contributed by atoms with Crippen molar-refractivity contribution in [2.75, 3.05) is 7.11 Å². The van der Waals surface area contributed by atoms with Gasteiger partial charge in [0.05, 0.1) is 7.11 Å². The zero-order valence-electron chi connectivity index (χ0n) is 10.8. The van der Waals surface area contributed by atoms with E-state index in [0.717, 1.165) is 24.8 Å². The summed E-state index contributed by atoms with van der Waals surface area (Å²) in [5.74, 6) is -1.28. The molecule has 0 fully saturated rings. The Morgan fingerprint density at radius 2 is 2.06 bits per heavy atom. The van der Waals surface area contributed by atoms with Gasteiger partial charge in [-0.1, -0.05) is 24.3 Å². The summed E-state index contributed by atoms with van der Waals surface area (Å²) in [6.07, 6.45) is 2.85. The van der Waals surface area contributed by atoms with Gasteiger partial charge in [0.2, 0.25) is 0 Å². The van der Waals surface area contributed by atoms with E-state index in [1.165, 1.54) is 12.7 Å². The third kappa shape index (κ3) is 2.30. The maximum absolute atomic E-state index is 12.4. The van der Waals surface area contributed by atoms with Crippen LogP contribution in [0.4, 0.5) is 0 Å². The minimum Gasteiger partial charge on any atom is -0.468 e. The summed E-state index contributed by atoms with van der Waals surface area (Å²) in [7, 11) is 1.32. The van der Waals surface area contributed by atoms with E-state index in [4.69, 9.17) is 0 Å². The van der Waals surface area contributed by atoms with Gasteiger partial charge < -0.3 is 4.74 Å². The highest BCUT2D eigenvalue weighted by Gasteiger charge is 2.32. The van der Waals surface area contributed by atoms with Gasteiger partial charge in [-0.05, 0) is 37.3 Å². The smallest absolute Gasteiger partial charge is 0.315 e. The van der Waals surface area contributed by atoms with Gasteiger partial charge in [0.15, 0.2) is 5.78 Å². The molecule has 2 unspecified atom stereocenters. The monoisotopic (exact) mass is 246 g/mol. The number of esters is 1. The first-order valence-electron chi connectivity index (χ1n) is 6.34. The Bertz CT molecular complexity index is 465. The quantitative estimate of drug-likeness (QED) is 0.608. The number of methoxy groups -OCH3 is 1. The normalized spacial score (nSPS) is 19.8. The molecule has 0 spiro atoms. The van der Waals surface area contributed by atoms with E-state index in [1.807, 2.05) is 18.2 Å². The number of hydrogen-bond donors (Lipinski definition) is 0. The molecule has 3 nitrogen and oxygen atoms in total. The molecule has 1 aromatic carbocycles. The first-order chi connectivity index (χ1) is 8.65. The van der Waals surface area contributed by atoms with E-state index in [2.05, 4.69) is 10.8 Å². The Labute approximate surface area is 107 Å². The summed E-state index contributed by atoms with van der Waals surface area (Å²) < 4.78 is 4.65. The van der Waals surface area contributed by atoms with Crippen LogP contribution in [0.1, 0.15) is 36.8 Å². The number of carbonyl (C=O) groups excluding carboxylic acids is 2. The summed E-state index contributed by atoms with van der Waals surface area (Å²) >= 11 is 0. The minimum atomic E-state index is -0.675. The zero-order valence-corrected chi connectivity index (χ0v) is 10.8. The largest absolute Gasteiger partial charge is 0.468 e. The van der Waals surface area contributed by atoms with Gasteiger partial charge >= 0.3 is 5.97 Å². The Morgan fingerprint density at radius 1 is 1.33 bits per heavy atom. The second-order valence-corrected chi connectivity index (χ2v) is 4.79. The maximum Gasteiger partial charge on any atom is 0.315 e. The van der Waals surface area contributed by atoms with Crippen molar-refractivity contribution in [2.24, 2.45) is 5.92 Å². The number of benzene rings is 1. The molecular formula is C15H18O3. The lowest BCUT2D eigenvalue weighted by Gasteiger charge is -2.25. The Hall–Kier alpha value is -1.64. The van der Waals surface area contributed by atoms with E-state index in [-0.39, 0.29) is 11.7 Å². The highest BCUT2D eigenvalue weighted by Crippen LogP contribution is 2.33. The summed E-state index contributed by atoms with van der Waals surface area (Å²) in [4.78, 5) is 23.8. The molecule has 0 saturated carbocycles. The molecule has 1 aliphatic rings. The van der Waals surface area contributed by atoms with E-state index in [0.29, 0.717) is 0 Å². The second-order valence-electron chi connectivity index (χ2n) is 4.79. The fourth-order valence-corrected chi connectivity index (χ4v) is 2.64. The van der Waals surface area contributed by atoms with Gasteiger partial charge in [-0.25, -0.2) is 0 Å². The number of Topliss-reactive ketones (excluding diaryl/α,β-unsaturated/α-hetero) is 1. The van der Waals surface area contributed by atoms with Gasteiger partial charge in [-0.15, -0.1) is 0 Å². The van der Waals surface area contributed by atoms with Gasteiger partial charge in [0.25, 0.3) is 0 Å². The lowest BCUT2D eigenvalue weighted by atomic mass is 9.77. The molecule has 0 radical (unpaired) electrons. The molecule has 0 saturated heterocycles. The van der Waals surface area contributed by atoms with Crippen LogP contribution >= 0.6 is 0 Å². The molecule has 2 atom stereocenters. The van der Waals surface area contributed by atoms with Crippen LogP contribution in [0.2, 0.25) is 0 Å². The lowest BCUT2D eigenvalue weighted by Crippen LogP contribution is -2.29. The van der Waals surface area contributed by atoms with Crippen LogP contribution in [0.5, 0.6) is 0 Å². The van der Waals surface area contributed by atoms with E-state index in [9.17, 15) is 9.59 Å². The molecule has 18 heavy (non-hydrogen) atoms. The molecule has 0 aromatic heterocycles. The topological polar surface area (TPSA) is 43.4 Å². The van der Waals surface area contributed by atoms with Crippen molar-refractivity contribution < 1.29 is 14.3 Å². The fraction of sp³-hybridized carbons (Fsp3) is 0.467. The summed E-state index contributed by atoms with van der Waals surface area (Å²) in [5.41, 5.74) is 2.32. The van der Waals surface area contributed by atoms with Crippen molar-refractivity contribution in [3.63, 3.8) is 0 Å². The van der Waals surface area contributed by atoms with Gasteiger partial charge in [-0.2, -0.15) is 0 Å². The Kier molecular flexibility index (Phi) is 3.80. The molecule has 1 aliphatic carbocycles. The number of aryl methyl sites for hydroxylation is 1. The molecule has 0 N–H and O–H groups in total. The molecule has 96 valence electrons. The second kappa shape index (κ2) is 5.34. The maximum atomic E-state index is 12.4. The number of ketones is 1. The molecule has 2 rings (SSSR count). The van der Waals surface area contributed by atoms with Crippen molar-refractivity contribution in [3.8, 4) is 0 Å². The number of rotatable bonds is 3. The van der Waals surface area contributed by atoms with Crippen LogP contribution < -0.4 is 0 Å². The Balaban J connectivity index is 2.25. The van der Waals surface area contributed by atoms with Crippen LogP contribution in [0, 0.1) is 5.92 Å². The SMILES string of the molecule is COC(=O)C(C)C(=O)C1CCCc2ccccc21. The number of hydrogen-bond acceptors (Lipinski definition) is 3. The van der Waals surface area contributed by atoms with E-state index < -0.39 is 11.9 Å². The third-order valence-corrected chi connectivity index (χ3v) is 3.69. The summed E-state index contributed by atoms with van der Waals surface area (Å²) in [5, 5.41) is 0. The summed E-state index contributed by atoms with van der Waals surface area (Å²) in [6, 6.07) is 8.02. The van der Waals surface area contributed by atoms with Gasteiger partial charge in [0.1, 0.15) is 5.92 Å². The van der Waals surface area contributed by atoms with E-state index in [1.54, 1.807) is 6.92 Å². The van der Waals surface area contributed by atoms with Crippen molar-refractivity contribution in [1.82, 2.24) is 0 Å². The number of carbonyl (C=O) groups is 2. The predicted molar refractivity (Wildman–Crippen MR) is 68.3 cm³/mol. The highest BCUT2D eigenvalue weighted by molar-refractivity contribution is 6.02. The Morgan fingerprint density at radius 3 is 2.78 bits per heavy atom. The average molecular weight is 246 g/mol. The van der Waals surface area contributed by atoms with Crippen LogP contribution in [-0.2, 0) is 20.7 Å². The standard InChI is InChI=1S/C15H18O3/c1-10(15(17)18-2)14(16)13-9-5-7-11-6-3-4-8-12(11)13/h3-4,6,8,10,13H,5,7,9H2,1-2H3. The van der Waals surface area contributed by atoms with E-state index >= 15 is 0 Å². The highest BCUT2D eigenvalue weighted by atomic mass is 16.5. The zero-order chi connectivity index (χ0) is 13.1. The number of ether oxygens (including phenoxy) is 1. The molecule has 0 aliphatic heterocycles. The molecule has 0 amide bonds. The van der Waals surface area contributed by atoms with Crippen molar-refractivity contribution >= 4 is 11.8 Å². The fourth-order valence-electron chi connectivity index (χ4n) is 2.64. The predicted octanol–water partition coefficient (Wildman–Crippen LogP) is 2.48. The van der Waals surface area contributed by atoms with Crippen LogP contribution in [-0.4, -0.2) is 18.9 Å². The number of fused-ring (bicyclic) bond motifs is 1. The van der Waals surface area contributed by atoms with Crippen LogP contribution in [0.3, 0.4) is 0 Å². The van der Waals surface area contributed by atoms with Crippen molar-refractivity contribution in [2.45, 2.75) is 32.1 Å². The van der Waals surface area contributed by atoms with Crippen molar-refractivity contribution in [3.05, 3.63) is 35.4 Å². The molecular weight excluding hydrogens is 228 g/mol. The molecule has 0 heterocycles. The van der Waals surface area contributed by atoms with Crippen LogP contribution in [0.25, 0.3) is 0 Å². The molecule has 3 heteroatoms. The van der Waals surface area contributed by atoms with Crippen LogP contribution in [0.15, 0.2) is 24.3 Å². The third-order valence-electron chi connectivity index (χ3n) is 3.69. The van der Waals surface area contributed by atoms with Gasteiger partial charge in [0, 0.05) is 5.92 Å². The summed E-state index contributed by atoms with van der Waals surface area (Å²) in [6.45, 7) is 1.63. The molecule has 1 aromatic rings. The minimum absolute atomic E-state index is 0.0194.